The van der Waals surface area contributed by atoms with Gasteiger partial charge in [-0.2, -0.15) is 5.26 Å². The highest BCUT2D eigenvalue weighted by Crippen LogP contribution is 2.25. The Hall–Kier alpha value is -2.09. The van der Waals surface area contributed by atoms with Gasteiger partial charge in [0.2, 0.25) is 0 Å². The Morgan fingerprint density at radius 2 is 2.23 bits per heavy atom. The molecule has 0 heterocycles. The van der Waals surface area contributed by atoms with Crippen molar-refractivity contribution in [3.63, 3.8) is 0 Å². The summed E-state index contributed by atoms with van der Waals surface area (Å²) in [5, 5.41) is 19.1. The van der Waals surface area contributed by atoms with Crippen LogP contribution in [0.4, 0.5) is 11.4 Å². The number of nitriles is 1. The molecular weight excluding hydrogens is 170 g/mol. The van der Waals surface area contributed by atoms with E-state index in [1.807, 2.05) is 0 Å². The Morgan fingerprint density at radius 1 is 1.62 bits per heavy atom. The quantitative estimate of drug-likeness (QED) is 0.398. The summed E-state index contributed by atoms with van der Waals surface area (Å²) in [5.41, 5.74) is 6.04. The van der Waals surface area contributed by atoms with E-state index in [1.165, 1.54) is 12.1 Å². The monoisotopic (exact) mass is 177 g/mol. The van der Waals surface area contributed by atoms with E-state index in [0.29, 0.717) is 5.56 Å². The molecule has 0 aliphatic rings. The lowest BCUT2D eigenvalue weighted by Crippen LogP contribution is -1.99. The fraction of sp³-hybridized carbons (Fsp3) is 0.125. The highest BCUT2D eigenvalue weighted by molar-refractivity contribution is 5.67. The molecule has 0 aliphatic carbocycles. The van der Waals surface area contributed by atoms with Crippen molar-refractivity contribution < 1.29 is 4.92 Å². The molecule has 0 amide bonds. The third kappa shape index (κ3) is 1.42. The second kappa shape index (κ2) is 3.11. The van der Waals surface area contributed by atoms with E-state index in [0.717, 1.165) is 0 Å². The molecule has 5 heteroatoms. The average molecular weight is 177 g/mol. The second-order valence-electron chi connectivity index (χ2n) is 2.56. The first-order valence-electron chi connectivity index (χ1n) is 3.51. The normalized spacial score (nSPS) is 9.23. The summed E-state index contributed by atoms with van der Waals surface area (Å²) in [6.07, 6.45) is 0. The zero-order chi connectivity index (χ0) is 10.0. The number of nitro benzene ring substituents is 1. The average Bonchev–Trinajstić information content (AvgIpc) is 2.09. The zero-order valence-corrected chi connectivity index (χ0v) is 6.94. The lowest BCUT2D eigenvalue weighted by Gasteiger charge is -2.01. The van der Waals surface area contributed by atoms with Gasteiger partial charge in [-0.25, -0.2) is 0 Å². The van der Waals surface area contributed by atoms with E-state index in [1.54, 1.807) is 13.0 Å². The number of hydrogen-bond donors (Lipinski definition) is 1. The van der Waals surface area contributed by atoms with Crippen molar-refractivity contribution in [1.82, 2.24) is 0 Å². The maximum Gasteiger partial charge on any atom is 0.289 e. The SMILES string of the molecule is Cc1ccc([N+](=O)[O-])c(C#N)c1N. The van der Waals surface area contributed by atoms with Crippen LogP contribution in [-0.2, 0) is 0 Å². The largest absolute Gasteiger partial charge is 0.397 e. The van der Waals surface area contributed by atoms with Crippen LogP contribution < -0.4 is 5.73 Å². The van der Waals surface area contributed by atoms with Gasteiger partial charge >= 0.3 is 0 Å². The minimum absolute atomic E-state index is 0.0648. The van der Waals surface area contributed by atoms with E-state index < -0.39 is 4.92 Å². The van der Waals surface area contributed by atoms with E-state index in [4.69, 9.17) is 11.0 Å². The van der Waals surface area contributed by atoms with E-state index >= 15 is 0 Å². The van der Waals surface area contributed by atoms with Gasteiger partial charge in [0.15, 0.2) is 5.56 Å². The first kappa shape index (κ1) is 9.00. The number of nitro groups is 1. The maximum absolute atomic E-state index is 10.4. The summed E-state index contributed by atoms with van der Waals surface area (Å²) < 4.78 is 0. The fourth-order valence-corrected chi connectivity index (χ4v) is 0.982. The smallest absolute Gasteiger partial charge is 0.289 e. The Labute approximate surface area is 74.5 Å². The number of hydrogen-bond acceptors (Lipinski definition) is 4. The molecule has 13 heavy (non-hydrogen) atoms. The minimum atomic E-state index is -0.617. The number of aryl methyl sites for hydroxylation is 1. The number of rotatable bonds is 1. The molecule has 0 saturated carbocycles. The highest BCUT2D eigenvalue weighted by atomic mass is 16.6. The van der Waals surface area contributed by atoms with Crippen LogP contribution in [0, 0.1) is 28.4 Å². The van der Waals surface area contributed by atoms with Crippen LogP contribution in [-0.4, -0.2) is 4.92 Å². The maximum atomic E-state index is 10.4. The first-order valence-corrected chi connectivity index (χ1v) is 3.51. The summed E-state index contributed by atoms with van der Waals surface area (Å²) in [6.45, 7) is 1.69. The van der Waals surface area contributed by atoms with E-state index in [-0.39, 0.29) is 16.9 Å². The highest BCUT2D eigenvalue weighted by Gasteiger charge is 2.16. The molecule has 0 unspecified atom stereocenters. The van der Waals surface area contributed by atoms with Crippen molar-refractivity contribution in [3.05, 3.63) is 33.4 Å². The fourth-order valence-electron chi connectivity index (χ4n) is 0.982. The van der Waals surface area contributed by atoms with Crippen LogP contribution in [0.5, 0.6) is 0 Å². The zero-order valence-electron chi connectivity index (χ0n) is 6.94. The van der Waals surface area contributed by atoms with Gasteiger partial charge in [-0.1, -0.05) is 6.07 Å². The molecule has 0 aliphatic heterocycles. The standard InChI is InChI=1S/C8H7N3O2/c1-5-2-3-7(11(12)13)6(4-9)8(5)10/h2-3H,10H2,1H3. The number of anilines is 1. The van der Waals surface area contributed by atoms with Gasteiger partial charge in [0.25, 0.3) is 5.69 Å². The molecule has 66 valence electrons. The van der Waals surface area contributed by atoms with Gasteiger partial charge < -0.3 is 5.73 Å². The van der Waals surface area contributed by atoms with Crippen molar-refractivity contribution in [3.8, 4) is 6.07 Å². The van der Waals surface area contributed by atoms with Gasteiger partial charge in [-0.05, 0) is 12.5 Å². The number of nitrogens with zero attached hydrogens (tertiary/aromatic N) is 2. The topological polar surface area (TPSA) is 93.0 Å². The minimum Gasteiger partial charge on any atom is -0.397 e. The number of nitrogen functional groups attached to an aromatic ring is 1. The summed E-state index contributed by atoms with van der Waals surface area (Å²) >= 11 is 0. The molecule has 0 aromatic heterocycles. The molecule has 0 radical (unpaired) electrons. The molecule has 0 saturated heterocycles. The van der Waals surface area contributed by atoms with Crippen LogP contribution in [0.1, 0.15) is 11.1 Å². The molecule has 1 rings (SSSR count). The number of nitrogens with two attached hydrogens (primary N) is 1. The Balaban J connectivity index is 3.50. The van der Waals surface area contributed by atoms with Gasteiger partial charge in [0, 0.05) is 6.07 Å². The Bertz CT molecular complexity index is 407. The van der Waals surface area contributed by atoms with Crippen LogP contribution >= 0.6 is 0 Å². The lowest BCUT2D eigenvalue weighted by molar-refractivity contribution is -0.385. The van der Waals surface area contributed by atoms with Gasteiger partial charge in [0.05, 0.1) is 10.6 Å². The van der Waals surface area contributed by atoms with Crippen LogP contribution in [0.15, 0.2) is 12.1 Å². The third-order valence-electron chi connectivity index (χ3n) is 1.75. The third-order valence-corrected chi connectivity index (χ3v) is 1.75. The molecule has 0 spiro atoms. The predicted octanol–water partition coefficient (Wildman–Crippen LogP) is 1.36. The van der Waals surface area contributed by atoms with Gasteiger partial charge in [-0.15, -0.1) is 0 Å². The van der Waals surface area contributed by atoms with Gasteiger partial charge in [0.1, 0.15) is 6.07 Å². The summed E-state index contributed by atoms with van der Waals surface area (Å²) in [7, 11) is 0. The van der Waals surface area contributed by atoms with Crippen LogP contribution in [0.2, 0.25) is 0 Å². The molecular formula is C8H7N3O2. The van der Waals surface area contributed by atoms with Crippen LogP contribution in [0.25, 0.3) is 0 Å². The lowest BCUT2D eigenvalue weighted by atomic mass is 10.1. The molecule has 2 N–H and O–H groups in total. The summed E-state index contributed by atoms with van der Waals surface area (Å²) in [5.74, 6) is 0. The van der Waals surface area contributed by atoms with Crippen molar-refractivity contribution >= 4 is 11.4 Å². The van der Waals surface area contributed by atoms with Crippen LogP contribution in [0.3, 0.4) is 0 Å². The molecule has 1 aromatic carbocycles. The summed E-state index contributed by atoms with van der Waals surface area (Å²) in [6, 6.07) is 4.52. The Kier molecular flexibility index (Phi) is 2.15. The molecule has 0 atom stereocenters. The second-order valence-corrected chi connectivity index (χ2v) is 2.56. The van der Waals surface area contributed by atoms with E-state index in [2.05, 4.69) is 0 Å². The molecule has 1 aromatic rings. The first-order chi connectivity index (χ1) is 6.07. The van der Waals surface area contributed by atoms with Crippen molar-refractivity contribution in [2.45, 2.75) is 6.92 Å². The number of benzene rings is 1. The van der Waals surface area contributed by atoms with E-state index in [9.17, 15) is 10.1 Å². The van der Waals surface area contributed by atoms with Crippen molar-refractivity contribution in [2.24, 2.45) is 0 Å². The molecule has 0 bridgehead atoms. The summed E-state index contributed by atoms with van der Waals surface area (Å²) in [4.78, 5) is 9.83. The van der Waals surface area contributed by atoms with Gasteiger partial charge in [-0.3, -0.25) is 10.1 Å². The molecule has 5 nitrogen and oxygen atoms in total. The Morgan fingerprint density at radius 3 is 2.69 bits per heavy atom. The van der Waals surface area contributed by atoms with Crippen molar-refractivity contribution in [1.29, 1.82) is 5.26 Å². The predicted molar refractivity (Wildman–Crippen MR) is 47.0 cm³/mol. The van der Waals surface area contributed by atoms with Crippen molar-refractivity contribution in [2.75, 3.05) is 5.73 Å². The molecule has 0 fully saturated rings.